The van der Waals surface area contributed by atoms with Gasteiger partial charge in [0.05, 0.1) is 12.5 Å². The third kappa shape index (κ3) is 5.01. The van der Waals surface area contributed by atoms with E-state index in [1.54, 1.807) is 9.80 Å². The van der Waals surface area contributed by atoms with Crippen molar-refractivity contribution in [2.24, 2.45) is 5.92 Å². The number of urea groups is 1. The number of rotatable bonds is 6. The van der Waals surface area contributed by atoms with Crippen LogP contribution in [-0.4, -0.2) is 42.0 Å². The summed E-state index contributed by atoms with van der Waals surface area (Å²) in [5, 5.41) is 8.58. The van der Waals surface area contributed by atoms with E-state index in [1.165, 1.54) is 0 Å². The van der Waals surface area contributed by atoms with Gasteiger partial charge in [-0.2, -0.15) is 5.26 Å². The number of hydrogen-bond acceptors (Lipinski definition) is 2. The first-order valence-corrected chi connectivity index (χ1v) is 5.97. The molecule has 0 saturated carbocycles. The van der Waals surface area contributed by atoms with Gasteiger partial charge in [-0.1, -0.05) is 13.8 Å². The van der Waals surface area contributed by atoms with Crippen LogP contribution < -0.4 is 0 Å². The molecule has 0 aromatic heterocycles. The van der Waals surface area contributed by atoms with Crippen molar-refractivity contribution in [1.29, 1.82) is 5.26 Å². The lowest BCUT2D eigenvalue weighted by Gasteiger charge is -2.30. The van der Waals surface area contributed by atoms with Gasteiger partial charge in [-0.25, -0.2) is 4.79 Å². The van der Waals surface area contributed by atoms with Crippen molar-refractivity contribution in [3.8, 4) is 6.07 Å². The van der Waals surface area contributed by atoms with Gasteiger partial charge in [0.1, 0.15) is 0 Å². The average Bonchev–Trinajstić information content (AvgIpc) is 2.25. The number of carbonyl (C=O) groups is 1. The molecule has 0 aromatic carbocycles. The molecule has 0 bridgehead atoms. The van der Waals surface area contributed by atoms with Gasteiger partial charge >= 0.3 is 6.03 Å². The highest BCUT2D eigenvalue weighted by molar-refractivity contribution is 5.74. The molecule has 0 fully saturated rings. The Morgan fingerprint density at radius 1 is 1.25 bits per heavy atom. The summed E-state index contributed by atoms with van der Waals surface area (Å²) >= 11 is 0. The van der Waals surface area contributed by atoms with Gasteiger partial charge in [0.2, 0.25) is 0 Å². The van der Waals surface area contributed by atoms with Crippen LogP contribution in [0.4, 0.5) is 4.79 Å². The van der Waals surface area contributed by atoms with E-state index in [0.717, 1.165) is 19.6 Å². The van der Waals surface area contributed by atoms with E-state index in [4.69, 9.17) is 5.26 Å². The minimum absolute atomic E-state index is 0.0500. The van der Waals surface area contributed by atoms with Gasteiger partial charge in [0.15, 0.2) is 0 Å². The third-order valence-electron chi connectivity index (χ3n) is 2.38. The molecule has 4 nitrogen and oxygen atoms in total. The van der Waals surface area contributed by atoms with Crippen molar-refractivity contribution in [3.05, 3.63) is 0 Å². The fourth-order valence-corrected chi connectivity index (χ4v) is 1.58. The molecule has 0 aromatic rings. The Hall–Kier alpha value is -1.24. The van der Waals surface area contributed by atoms with Gasteiger partial charge in [-0.05, 0) is 19.8 Å². The lowest BCUT2D eigenvalue weighted by Crippen LogP contribution is -2.44. The van der Waals surface area contributed by atoms with Gasteiger partial charge in [-0.3, -0.25) is 0 Å². The molecule has 0 aliphatic rings. The van der Waals surface area contributed by atoms with Crippen LogP contribution in [0.2, 0.25) is 0 Å². The van der Waals surface area contributed by atoms with Gasteiger partial charge in [0.25, 0.3) is 0 Å². The van der Waals surface area contributed by atoms with E-state index >= 15 is 0 Å². The first-order chi connectivity index (χ1) is 7.56. The number of nitriles is 1. The lowest BCUT2D eigenvalue weighted by molar-refractivity contribution is 0.152. The maximum atomic E-state index is 12.1. The van der Waals surface area contributed by atoms with E-state index in [9.17, 15) is 4.79 Å². The summed E-state index contributed by atoms with van der Waals surface area (Å²) in [6.07, 6.45) is 0.403. The molecule has 0 aliphatic carbocycles. The Kier molecular flexibility index (Phi) is 7.36. The monoisotopic (exact) mass is 225 g/mol. The molecule has 4 heteroatoms. The topological polar surface area (TPSA) is 47.3 Å². The van der Waals surface area contributed by atoms with Crippen LogP contribution in [0, 0.1) is 17.2 Å². The van der Waals surface area contributed by atoms with Gasteiger partial charge in [-0.15, -0.1) is 0 Å². The summed E-state index contributed by atoms with van der Waals surface area (Å²) in [7, 11) is 0. The maximum absolute atomic E-state index is 12.1. The number of nitrogens with zero attached hydrogens (tertiary/aromatic N) is 3. The first-order valence-electron chi connectivity index (χ1n) is 5.97. The van der Waals surface area contributed by atoms with Crippen LogP contribution in [0.5, 0.6) is 0 Å². The van der Waals surface area contributed by atoms with Crippen LogP contribution in [0.3, 0.4) is 0 Å². The van der Waals surface area contributed by atoms with Crippen LogP contribution in [0.15, 0.2) is 0 Å². The molecule has 0 N–H and O–H groups in total. The largest absolute Gasteiger partial charge is 0.325 e. The molecule has 0 rings (SSSR count). The van der Waals surface area contributed by atoms with E-state index in [2.05, 4.69) is 19.9 Å². The average molecular weight is 225 g/mol. The quantitative estimate of drug-likeness (QED) is 0.696. The van der Waals surface area contributed by atoms with E-state index in [-0.39, 0.29) is 6.03 Å². The van der Waals surface area contributed by atoms with Crippen LogP contribution in [0.1, 0.15) is 34.1 Å². The molecule has 0 aliphatic heterocycles. The van der Waals surface area contributed by atoms with E-state index in [0.29, 0.717) is 18.9 Å². The molecule has 0 unspecified atom stereocenters. The molecule has 0 radical (unpaired) electrons. The van der Waals surface area contributed by atoms with E-state index < -0.39 is 0 Å². The normalized spacial score (nSPS) is 10.0. The minimum atomic E-state index is 0.0500. The summed E-state index contributed by atoms with van der Waals surface area (Å²) < 4.78 is 0. The second kappa shape index (κ2) is 7.98. The van der Waals surface area contributed by atoms with Crippen molar-refractivity contribution in [2.45, 2.75) is 34.1 Å². The summed E-state index contributed by atoms with van der Waals surface area (Å²) in [6.45, 7) is 10.8. The van der Waals surface area contributed by atoms with E-state index in [1.807, 2.05) is 13.8 Å². The van der Waals surface area contributed by atoms with Crippen LogP contribution in [-0.2, 0) is 0 Å². The number of hydrogen-bond donors (Lipinski definition) is 0. The molecule has 16 heavy (non-hydrogen) atoms. The van der Waals surface area contributed by atoms with Crippen molar-refractivity contribution in [3.63, 3.8) is 0 Å². The molecule has 92 valence electrons. The summed E-state index contributed by atoms with van der Waals surface area (Å²) in [5.74, 6) is 0.429. The first kappa shape index (κ1) is 14.8. The van der Waals surface area contributed by atoms with Crippen LogP contribution >= 0.6 is 0 Å². The fraction of sp³-hybridized carbons (Fsp3) is 0.833. The number of carbonyl (C=O) groups excluding carboxylic acids is 1. The maximum Gasteiger partial charge on any atom is 0.320 e. The molecule has 0 heterocycles. The highest BCUT2D eigenvalue weighted by atomic mass is 16.2. The van der Waals surface area contributed by atoms with Gasteiger partial charge < -0.3 is 9.80 Å². The Balaban J connectivity index is 4.48. The zero-order valence-corrected chi connectivity index (χ0v) is 10.9. The molecular formula is C12H23N3O. The van der Waals surface area contributed by atoms with Crippen molar-refractivity contribution < 1.29 is 4.79 Å². The Morgan fingerprint density at radius 3 is 2.19 bits per heavy atom. The fourth-order valence-electron chi connectivity index (χ4n) is 1.58. The molecule has 0 atom stereocenters. The Bertz CT molecular complexity index is 241. The zero-order chi connectivity index (χ0) is 12.6. The summed E-state index contributed by atoms with van der Waals surface area (Å²) in [4.78, 5) is 15.7. The number of amides is 2. The van der Waals surface area contributed by atoms with Crippen molar-refractivity contribution >= 4 is 6.03 Å². The smallest absolute Gasteiger partial charge is 0.320 e. The highest BCUT2D eigenvalue weighted by Gasteiger charge is 2.18. The lowest BCUT2D eigenvalue weighted by atomic mass is 10.2. The predicted octanol–water partition coefficient (Wildman–Crippen LogP) is 2.32. The summed E-state index contributed by atoms with van der Waals surface area (Å²) in [6, 6.07) is 2.14. The summed E-state index contributed by atoms with van der Waals surface area (Å²) in [5.41, 5.74) is 0. The van der Waals surface area contributed by atoms with Crippen molar-refractivity contribution in [1.82, 2.24) is 9.80 Å². The SMILES string of the molecule is CCN(CC)C(=O)N(CCC#N)CC(C)C. The Labute approximate surface area is 98.8 Å². The molecular weight excluding hydrogens is 202 g/mol. The second-order valence-corrected chi connectivity index (χ2v) is 4.20. The molecule has 0 spiro atoms. The van der Waals surface area contributed by atoms with Gasteiger partial charge in [0, 0.05) is 26.2 Å². The zero-order valence-electron chi connectivity index (χ0n) is 10.9. The highest BCUT2D eigenvalue weighted by Crippen LogP contribution is 2.05. The second-order valence-electron chi connectivity index (χ2n) is 4.20. The molecule has 2 amide bonds. The van der Waals surface area contributed by atoms with Crippen LogP contribution in [0.25, 0.3) is 0 Å². The standard InChI is InChI=1S/C12H23N3O/c1-5-14(6-2)12(16)15(9-7-8-13)10-11(3)4/h11H,5-7,9-10H2,1-4H3. The Morgan fingerprint density at radius 2 is 1.81 bits per heavy atom. The molecule has 0 saturated heterocycles. The predicted molar refractivity (Wildman–Crippen MR) is 65.0 cm³/mol. The minimum Gasteiger partial charge on any atom is -0.325 e. The van der Waals surface area contributed by atoms with Crippen molar-refractivity contribution in [2.75, 3.05) is 26.2 Å². The third-order valence-corrected chi connectivity index (χ3v) is 2.38.